The molecule has 0 amide bonds. The van der Waals surface area contributed by atoms with Crippen LogP contribution in [0.15, 0.2) is 0 Å². The van der Waals surface area contributed by atoms with Crippen molar-refractivity contribution in [2.75, 3.05) is 7.11 Å². The zero-order valence-electron chi connectivity index (χ0n) is 9.69. The van der Waals surface area contributed by atoms with Crippen LogP contribution in [0.1, 0.15) is 13.3 Å². The molecule has 0 bridgehead atoms. The average molecular weight is 266 g/mol. The molecule has 0 heterocycles. The summed E-state index contributed by atoms with van der Waals surface area (Å²) in [4.78, 5) is 39.8. The molecule has 0 fully saturated rings. The summed E-state index contributed by atoms with van der Waals surface area (Å²) in [6, 6.07) is 0. The molecule has 0 spiro atoms. The fourth-order valence-electron chi connectivity index (χ4n) is 0.546. The van der Waals surface area contributed by atoms with Crippen molar-refractivity contribution in [2.24, 2.45) is 0 Å². The fraction of sp³-hybridized carbons (Fsp3) is 0.556. The Labute approximate surface area is 102 Å². The van der Waals surface area contributed by atoms with E-state index in [2.05, 4.69) is 4.74 Å². The van der Waals surface area contributed by atoms with Crippen molar-refractivity contribution in [3.05, 3.63) is 0 Å². The molecule has 0 saturated carbocycles. The Balaban J connectivity index is 0. The minimum atomic E-state index is -2.27. The van der Waals surface area contributed by atoms with Crippen LogP contribution in [0.4, 0.5) is 0 Å². The summed E-state index contributed by atoms with van der Waals surface area (Å²) in [6.07, 6.45) is -4.65. The maximum absolute atomic E-state index is 10.2. The van der Waals surface area contributed by atoms with E-state index in [0.29, 0.717) is 0 Å². The second-order valence-electron chi connectivity index (χ2n) is 3.02. The maximum atomic E-state index is 10.2. The first-order valence-corrected chi connectivity index (χ1v) is 4.51. The van der Waals surface area contributed by atoms with Crippen LogP contribution < -0.4 is 0 Å². The van der Waals surface area contributed by atoms with E-state index in [-0.39, 0.29) is 12.2 Å². The second-order valence-corrected chi connectivity index (χ2v) is 3.02. The third-order valence-electron chi connectivity index (χ3n) is 1.43. The SMILES string of the molecule is COC(=O)CC(C)=O.O=C(O)C(O)C(O)C(=O)O. The van der Waals surface area contributed by atoms with Crippen molar-refractivity contribution in [2.45, 2.75) is 25.6 Å². The Morgan fingerprint density at radius 2 is 1.33 bits per heavy atom. The second kappa shape index (κ2) is 9.07. The van der Waals surface area contributed by atoms with Crippen LogP contribution in [0, 0.1) is 0 Å². The molecule has 2 atom stereocenters. The molecule has 0 rings (SSSR count). The standard InChI is InChI=1S/C5H8O3.C4H6O6/c1-4(6)3-5(7)8-2;5-1(3(7)8)2(6)4(9)10/h3H2,1-2H3;1-2,5-6H,(H,7,8)(H,9,10). The Morgan fingerprint density at radius 1 is 1.00 bits per heavy atom. The molecule has 9 heteroatoms. The summed E-state index contributed by atoms with van der Waals surface area (Å²) in [5.74, 6) is -4.18. The van der Waals surface area contributed by atoms with Gasteiger partial charge in [0.15, 0.2) is 12.2 Å². The average Bonchev–Trinajstić information content (AvgIpc) is 2.26. The van der Waals surface area contributed by atoms with E-state index < -0.39 is 30.1 Å². The predicted octanol–water partition coefficient (Wildman–Crippen LogP) is -1.98. The van der Waals surface area contributed by atoms with Gasteiger partial charge in [0.25, 0.3) is 0 Å². The van der Waals surface area contributed by atoms with Gasteiger partial charge in [-0.15, -0.1) is 0 Å². The van der Waals surface area contributed by atoms with Gasteiger partial charge in [0.1, 0.15) is 12.2 Å². The van der Waals surface area contributed by atoms with Crippen molar-refractivity contribution < 1.29 is 44.3 Å². The topological polar surface area (TPSA) is 158 Å². The summed E-state index contributed by atoms with van der Waals surface area (Å²) in [5, 5.41) is 32.5. The first-order valence-electron chi connectivity index (χ1n) is 4.51. The number of methoxy groups -OCH3 is 1. The molecule has 104 valence electrons. The molecule has 0 aromatic heterocycles. The highest BCUT2D eigenvalue weighted by molar-refractivity contribution is 5.93. The number of ketones is 1. The van der Waals surface area contributed by atoms with Crippen molar-refractivity contribution >= 4 is 23.7 Å². The highest BCUT2D eigenvalue weighted by Gasteiger charge is 2.29. The number of ether oxygens (including phenoxy) is 1. The minimum absolute atomic E-state index is 0.115. The number of rotatable bonds is 5. The van der Waals surface area contributed by atoms with E-state index in [1.54, 1.807) is 0 Å². The van der Waals surface area contributed by atoms with Crippen LogP contribution >= 0.6 is 0 Å². The highest BCUT2D eigenvalue weighted by atomic mass is 16.5. The lowest BCUT2D eigenvalue weighted by Crippen LogP contribution is -2.39. The van der Waals surface area contributed by atoms with Gasteiger partial charge >= 0.3 is 17.9 Å². The fourth-order valence-corrected chi connectivity index (χ4v) is 0.546. The largest absolute Gasteiger partial charge is 0.479 e. The monoisotopic (exact) mass is 266 g/mol. The van der Waals surface area contributed by atoms with Crippen LogP contribution in [0.25, 0.3) is 0 Å². The van der Waals surface area contributed by atoms with E-state index in [9.17, 15) is 19.2 Å². The number of aliphatic hydroxyl groups excluding tert-OH is 2. The molecule has 2 unspecified atom stereocenters. The van der Waals surface area contributed by atoms with Gasteiger partial charge in [0.05, 0.1) is 7.11 Å². The molecule has 0 aliphatic carbocycles. The van der Waals surface area contributed by atoms with Gasteiger partial charge in [-0.05, 0) is 6.92 Å². The lowest BCUT2D eigenvalue weighted by molar-refractivity contribution is -0.165. The molecule has 0 radical (unpaired) electrons. The molecule has 0 aromatic rings. The third kappa shape index (κ3) is 9.24. The quantitative estimate of drug-likeness (QED) is 0.326. The van der Waals surface area contributed by atoms with Gasteiger partial charge in [-0.25, -0.2) is 9.59 Å². The molecule has 0 aliphatic heterocycles. The molecule has 0 saturated heterocycles. The van der Waals surface area contributed by atoms with Gasteiger partial charge in [-0.3, -0.25) is 9.59 Å². The number of carboxylic acid groups (broad SMARTS) is 2. The molecule has 4 N–H and O–H groups in total. The van der Waals surface area contributed by atoms with Gasteiger partial charge in [-0.2, -0.15) is 0 Å². The van der Waals surface area contributed by atoms with Crippen LogP contribution in [0.3, 0.4) is 0 Å². The molecular formula is C9H14O9. The minimum Gasteiger partial charge on any atom is -0.479 e. The van der Waals surface area contributed by atoms with E-state index in [1.165, 1.54) is 14.0 Å². The third-order valence-corrected chi connectivity index (χ3v) is 1.43. The smallest absolute Gasteiger partial charge is 0.335 e. The summed E-state index contributed by atoms with van der Waals surface area (Å²) in [6.45, 7) is 1.34. The predicted molar refractivity (Wildman–Crippen MR) is 54.6 cm³/mol. The number of carbonyl (C=O) groups is 4. The summed E-state index contributed by atoms with van der Waals surface area (Å²) in [5.41, 5.74) is 0. The zero-order chi connectivity index (χ0) is 14.9. The summed E-state index contributed by atoms with van der Waals surface area (Å²) >= 11 is 0. The Hall–Kier alpha value is -2.00. The lowest BCUT2D eigenvalue weighted by Gasteiger charge is -2.07. The van der Waals surface area contributed by atoms with E-state index in [0.717, 1.165) is 0 Å². The van der Waals surface area contributed by atoms with E-state index in [1.807, 2.05) is 0 Å². The van der Waals surface area contributed by atoms with Crippen molar-refractivity contribution in [1.29, 1.82) is 0 Å². The normalized spacial score (nSPS) is 12.4. The zero-order valence-corrected chi connectivity index (χ0v) is 9.69. The van der Waals surface area contributed by atoms with Crippen LogP contribution in [0.5, 0.6) is 0 Å². The Morgan fingerprint density at radius 3 is 1.44 bits per heavy atom. The number of carbonyl (C=O) groups excluding carboxylic acids is 2. The van der Waals surface area contributed by atoms with Crippen LogP contribution in [0.2, 0.25) is 0 Å². The first-order chi connectivity index (χ1) is 8.13. The van der Waals surface area contributed by atoms with E-state index in [4.69, 9.17) is 20.4 Å². The van der Waals surface area contributed by atoms with Gasteiger partial charge in [0, 0.05) is 0 Å². The number of aliphatic hydroxyl groups is 2. The lowest BCUT2D eigenvalue weighted by atomic mass is 10.2. The summed E-state index contributed by atoms with van der Waals surface area (Å²) in [7, 11) is 1.26. The number of carboxylic acids is 2. The van der Waals surface area contributed by atoms with Crippen molar-refractivity contribution in [3.8, 4) is 0 Å². The van der Waals surface area contributed by atoms with Crippen molar-refractivity contribution in [1.82, 2.24) is 0 Å². The number of aliphatic carboxylic acids is 2. The Bertz CT molecular complexity index is 304. The highest BCUT2D eigenvalue weighted by Crippen LogP contribution is 1.92. The molecule has 0 aromatic carbocycles. The van der Waals surface area contributed by atoms with Gasteiger partial charge in [0.2, 0.25) is 0 Å². The molecular weight excluding hydrogens is 252 g/mol. The number of Topliss-reactive ketones (excluding diaryl/α,β-unsaturated/α-hetero) is 1. The van der Waals surface area contributed by atoms with Gasteiger partial charge < -0.3 is 25.2 Å². The van der Waals surface area contributed by atoms with Gasteiger partial charge in [-0.1, -0.05) is 0 Å². The van der Waals surface area contributed by atoms with E-state index >= 15 is 0 Å². The molecule has 0 aliphatic rings. The number of hydrogen-bond donors (Lipinski definition) is 4. The maximum Gasteiger partial charge on any atom is 0.335 e. The number of hydrogen-bond acceptors (Lipinski definition) is 7. The summed E-state index contributed by atoms with van der Waals surface area (Å²) < 4.78 is 4.20. The van der Waals surface area contributed by atoms with Crippen LogP contribution in [-0.4, -0.2) is 63.4 Å². The Kier molecular flexibility index (Phi) is 9.26. The van der Waals surface area contributed by atoms with Crippen molar-refractivity contribution in [3.63, 3.8) is 0 Å². The molecule has 9 nitrogen and oxygen atoms in total. The number of esters is 1. The van der Waals surface area contributed by atoms with Crippen LogP contribution in [-0.2, 0) is 23.9 Å². The molecule has 18 heavy (non-hydrogen) atoms. The first kappa shape index (κ1) is 18.4.